The minimum atomic E-state index is -0.352. The van der Waals surface area contributed by atoms with Crippen LogP contribution in [0.5, 0.6) is 0 Å². The number of aryl methyl sites for hydroxylation is 3. The number of rotatable bonds is 5. The zero-order valence-electron chi connectivity index (χ0n) is 16.1. The number of carbonyl (C=O) groups is 2. The average molecular weight is 374 g/mol. The van der Waals surface area contributed by atoms with E-state index in [-0.39, 0.29) is 17.5 Å². The van der Waals surface area contributed by atoms with E-state index in [0.29, 0.717) is 12.1 Å². The molecule has 3 aromatic rings. The minimum Gasteiger partial charge on any atom is -0.346 e. The zero-order valence-corrected chi connectivity index (χ0v) is 16.1. The highest BCUT2D eigenvalue weighted by Gasteiger charge is 2.14. The van der Waals surface area contributed by atoms with Gasteiger partial charge in [-0.3, -0.25) is 19.6 Å². The molecule has 142 valence electrons. The number of benzene rings is 1. The van der Waals surface area contributed by atoms with Gasteiger partial charge in [-0.05, 0) is 56.2 Å². The third-order valence-electron chi connectivity index (χ3n) is 4.33. The molecule has 6 heteroatoms. The van der Waals surface area contributed by atoms with E-state index in [9.17, 15) is 9.59 Å². The smallest absolute Gasteiger partial charge is 0.274 e. The summed E-state index contributed by atoms with van der Waals surface area (Å²) in [5.41, 5.74) is 5.18. The monoisotopic (exact) mass is 374 g/mol. The second kappa shape index (κ2) is 8.43. The third kappa shape index (κ3) is 4.59. The van der Waals surface area contributed by atoms with Crippen molar-refractivity contribution in [3.8, 4) is 0 Å². The molecule has 28 heavy (non-hydrogen) atoms. The first kappa shape index (κ1) is 19.2. The lowest BCUT2D eigenvalue weighted by Gasteiger charge is -2.13. The van der Waals surface area contributed by atoms with Crippen molar-refractivity contribution in [2.75, 3.05) is 5.32 Å². The van der Waals surface area contributed by atoms with Crippen LogP contribution in [0.15, 0.2) is 54.9 Å². The number of anilines is 1. The summed E-state index contributed by atoms with van der Waals surface area (Å²) in [7, 11) is 0. The normalized spacial score (nSPS) is 10.4. The molecule has 0 aliphatic carbocycles. The Labute approximate surface area is 164 Å². The Morgan fingerprint density at radius 1 is 0.893 bits per heavy atom. The first-order chi connectivity index (χ1) is 13.4. The topological polar surface area (TPSA) is 84.0 Å². The highest BCUT2D eigenvalue weighted by Crippen LogP contribution is 2.22. The predicted molar refractivity (Wildman–Crippen MR) is 108 cm³/mol. The van der Waals surface area contributed by atoms with Gasteiger partial charge in [0.1, 0.15) is 5.69 Å². The van der Waals surface area contributed by atoms with Gasteiger partial charge in [-0.2, -0.15) is 0 Å². The van der Waals surface area contributed by atoms with Crippen LogP contribution < -0.4 is 10.6 Å². The maximum Gasteiger partial charge on any atom is 0.274 e. The Bertz CT molecular complexity index is 993. The minimum absolute atomic E-state index is 0.185. The molecule has 0 saturated carbocycles. The van der Waals surface area contributed by atoms with Crippen molar-refractivity contribution in [2.45, 2.75) is 27.3 Å². The molecule has 2 N–H and O–H groups in total. The zero-order chi connectivity index (χ0) is 20.1. The van der Waals surface area contributed by atoms with Crippen LogP contribution >= 0.6 is 0 Å². The van der Waals surface area contributed by atoms with Crippen LogP contribution in [0.4, 0.5) is 5.69 Å². The van der Waals surface area contributed by atoms with E-state index in [2.05, 4.69) is 20.6 Å². The molecule has 0 radical (unpaired) electrons. The lowest BCUT2D eigenvalue weighted by molar-refractivity contribution is 0.0950. The van der Waals surface area contributed by atoms with E-state index in [4.69, 9.17) is 0 Å². The summed E-state index contributed by atoms with van der Waals surface area (Å²) in [6.45, 7) is 6.22. The molecule has 0 spiro atoms. The van der Waals surface area contributed by atoms with Gasteiger partial charge < -0.3 is 10.6 Å². The summed E-state index contributed by atoms with van der Waals surface area (Å²) >= 11 is 0. The van der Waals surface area contributed by atoms with Gasteiger partial charge in [0.2, 0.25) is 0 Å². The molecule has 6 nitrogen and oxygen atoms in total. The Hall–Kier alpha value is -3.54. The molecule has 0 atom stereocenters. The molecule has 0 aliphatic rings. The largest absolute Gasteiger partial charge is 0.346 e. The van der Waals surface area contributed by atoms with E-state index in [1.807, 2.05) is 51.1 Å². The van der Waals surface area contributed by atoms with Crippen LogP contribution in [-0.2, 0) is 6.54 Å². The summed E-state index contributed by atoms with van der Waals surface area (Å²) in [5, 5.41) is 5.70. The fraction of sp³-hybridized carbons (Fsp3) is 0.182. The summed E-state index contributed by atoms with van der Waals surface area (Å²) in [4.78, 5) is 33.3. The van der Waals surface area contributed by atoms with Crippen LogP contribution in [0.2, 0.25) is 0 Å². The van der Waals surface area contributed by atoms with Gasteiger partial charge in [0.15, 0.2) is 0 Å². The molecule has 3 rings (SSSR count). The van der Waals surface area contributed by atoms with Gasteiger partial charge in [-0.1, -0.05) is 23.8 Å². The highest BCUT2D eigenvalue weighted by molar-refractivity contribution is 6.05. The molecule has 0 saturated heterocycles. The standard InChI is InChI=1S/C22H22N4O2/c1-14-10-15(2)20(16(3)11-14)26-22(28)19-12-17(7-9-24-19)21(27)25-13-18-6-4-5-8-23-18/h4-12H,13H2,1-3H3,(H,25,27)(H,26,28). The quantitative estimate of drug-likeness (QED) is 0.715. The molecule has 0 fully saturated rings. The second-order valence-corrected chi connectivity index (χ2v) is 6.66. The van der Waals surface area contributed by atoms with Gasteiger partial charge >= 0.3 is 0 Å². The molecule has 2 amide bonds. The molecule has 2 heterocycles. The van der Waals surface area contributed by atoms with E-state index < -0.39 is 0 Å². The van der Waals surface area contributed by atoms with Crippen LogP contribution in [0, 0.1) is 20.8 Å². The van der Waals surface area contributed by atoms with E-state index in [0.717, 1.165) is 28.1 Å². The number of hydrogen-bond donors (Lipinski definition) is 2. The number of pyridine rings is 2. The lowest BCUT2D eigenvalue weighted by atomic mass is 10.0. The van der Waals surface area contributed by atoms with Gasteiger partial charge in [-0.25, -0.2) is 0 Å². The number of amides is 2. The summed E-state index contributed by atoms with van der Waals surface area (Å²) < 4.78 is 0. The Morgan fingerprint density at radius 2 is 1.64 bits per heavy atom. The van der Waals surface area contributed by atoms with Crippen LogP contribution in [0.25, 0.3) is 0 Å². The number of nitrogens with one attached hydrogen (secondary N) is 2. The van der Waals surface area contributed by atoms with Crippen LogP contribution in [0.3, 0.4) is 0 Å². The molecule has 0 unspecified atom stereocenters. The van der Waals surface area contributed by atoms with Crippen LogP contribution in [0.1, 0.15) is 43.2 Å². The van der Waals surface area contributed by atoms with Crippen molar-refractivity contribution < 1.29 is 9.59 Å². The van der Waals surface area contributed by atoms with Gasteiger partial charge in [0.25, 0.3) is 11.8 Å². The molecule has 2 aromatic heterocycles. The van der Waals surface area contributed by atoms with Crippen molar-refractivity contribution >= 4 is 17.5 Å². The molecule has 0 bridgehead atoms. The predicted octanol–water partition coefficient (Wildman–Crippen LogP) is 3.58. The fourth-order valence-electron chi connectivity index (χ4n) is 3.03. The lowest BCUT2D eigenvalue weighted by Crippen LogP contribution is -2.24. The molecule has 1 aromatic carbocycles. The summed E-state index contributed by atoms with van der Waals surface area (Å²) in [6, 6.07) is 12.6. The molecule has 0 aliphatic heterocycles. The fourth-order valence-corrected chi connectivity index (χ4v) is 3.03. The summed E-state index contributed by atoms with van der Waals surface area (Å²) in [5.74, 6) is -0.640. The molecular formula is C22H22N4O2. The van der Waals surface area contributed by atoms with Crippen molar-refractivity contribution in [1.82, 2.24) is 15.3 Å². The average Bonchev–Trinajstić information content (AvgIpc) is 2.69. The van der Waals surface area contributed by atoms with Crippen molar-refractivity contribution in [2.24, 2.45) is 0 Å². The van der Waals surface area contributed by atoms with E-state index in [1.54, 1.807) is 12.3 Å². The second-order valence-electron chi connectivity index (χ2n) is 6.66. The van der Waals surface area contributed by atoms with Gasteiger partial charge in [0, 0.05) is 23.6 Å². The number of carbonyl (C=O) groups excluding carboxylic acids is 2. The van der Waals surface area contributed by atoms with Crippen molar-refractivity contribution in [3.63, 3.8) is 0 Å². The third-order valence-corrected chi connectivity index (χ3v) is 4.33. The Kier molecular flexibility index (Phi) is 5.79. The maximum atomic E-state index is 12.6. The molecular weight excluding hydrogens is 352 g/mol. The van der Waals surface area contributed by atoms with E-state index in [1.165, 1.54) is 12.3 Å². The number of hydrogen-bond acceptors (Lipinski definition) is 4. The first-order valence-corrected chi connectivity index (χ1v) is 8.97. The SMILES string of the molecule is Cc1cc(C)c(NC(=O)c2cc(C(=O)NCc3ccccn3)ccn2)c(C)c1. The first-order valence-electron chi connectivity index (χ1n) is 8.97. The van der Waals surface area contributed by atoms with Gasteiger partial charge in [0.05, 0.1) is 12.2 Å². The Balaban J connectivity index is 1.72. The number of aromatic nitrogens is 2. The van der Waals surface area contributed by atoms with Crippen LogP contribution in [-0.4, -0.2) is 21.8 Å². The van der Waals surface area contributed by atoms with Crippen molar-refractivity contribution in [3.05, 3.63) is 88.5 Å². The van der Waals surface area contributed by atoms with Gasteiger partial charge in [-0.15, -0.1) is 0 Å². The Morgan fingerprint density at radius 3 is 2.32 bits per heavy atom. The van der Waals surface area contributed by atoms with E-state index >= 15 is 0 Å². The number of nitrogens with zero attached hydrogens (tertiary/aromatic N) is 2. The maximum absolute atomic E-state index is 12.6. The highest BCUT2D eigenvalue weighted by atomic mass is 16.2. The summed E-state index contributed by atoms with van der Waals surface area (Å²) in [6.07, 6.45) is 3.13. The van der Waals surface area contributed by atoms with Crippen molar-refractivity contribution in [1.29, 1.82) is 0 Å².